The fourth-order valence-electron chi connectivity index (χ4n) is 2.27. The van der Waals surface area contributed by atoms with Gasteiger partial charge in [0.25, 0.3) is 0 Å². The molecule has 6 nitrogen and oxygen atoms in total. The van der Waals surface area contributed by atoms with Crippen molar-refractivity contribution in [3.05, 3.63) is 35.7 Å². The predicted octanol–water partition coefficient (Wildman–Crippen LogP) is 3.08. The minimum Gasteiger partial charge on any atom is -0.508 e. The Morgan fingerprint density at radius 3 is 2.72 bits per heavy atom. The first-order valence-electron chi connectivity index (χ1n) is 8.56. The second-order valence-corrected chi connectivity index (χ2v) is 6.40. The molecule has 25 heavy (non-hydrogen) atoms. The van der Waals surface area contributed by atoms with Crippen LogP contribution in [0.5, 0.6) is 5.75 Å². The van der Waals surface area contributed by atoms with Gasteiger partial charge in [0.2, 0.25) is 11.8 Å². The highest BCUT2D eigenvalue weighted by molar-refractivity contribution is 5.77. The van der Waals surface area contributed by atoms with E-state index in [-0.39, 0.29) is 18.3 Å². The molecule has 1 aromatic heterocycles. The van der Waals surface area contributed by atoms with Gasteiger partial charge in [0.15, 0.2) is 0 Å². The molecule has 1 amide bonds. The molecule has 1 aromatic carbocycles. The second-order valence-electron chi connectivity index (χ2n) is 6.40. The molecule has 0 saturated carbocycles. The van der Waals surface area contributed by atoms with Gasteiger partial charge in [-0.25, -0.2) is 4.98 Å². The molecular formula is C19H26N2O4. The molecule has 0 atom stereocenters. The number of carbonyl (C=O) groups excluding carboxylic acids is 1. The number of phenols is 1. The molecule has 2 aromatic rings. The third kappa shape index (κ3) is 6.23. The van der Waals surface area contributed by atoms with Crippen LogP contribution in [0.15, 0.2) is 28.7 Å². The molecule has 0 unspecified atom stereocenters. The lowest BCUT2D eigenvalue weighted by Crippen LogP contribution is -2.29. The van der Waals surface area contributed by atoms with Crippen molar-refractivity contribution in [2.24, 2.45) is 5.92 Å². The summed E-state index contributed by atoms with van der Waals surface area (Å²) < 4.78 is 11.1. The molecular weight excluding hydrogens is 320 g/mol. The van der Waals surface area contributed by atoms with E-state index in [1.807, 2.05) is 6.92 Å². The number of amides is 1. The monoisotopic (exact) mass is 346 g/mol. The molecule has 2 N–H and O–H groups in total. The zero-order chi connectivity index (χ0) is 18.2. The van der Waals surface area contributed by atoms with E-state index < -0.39 is 0 Å². The van der Waals surface area contributed by atoms with Gasteiger partial charge in [-0.2, -0.15) is 0 Å². The van der Waals surface area contributed by atoms with Crippen molar-refractivity contribution in [1.29, 1.82) is 0 Å². The fraction of sp³-hybridized carbons (Fsp3) is 0.474. The van der Waals surface area contributed by atoms with Crippen LogP contribution in [0.3, 0.4) is 0 Å². The van der Waals surface area contributed by atoms with Crippen molar-refractivity contribution in [2.45, 2.75) is 33.6 Å². The van der Waals surface area contributed by atoms with Crippen LogP contribution in [0.2, 0.25) is 0 Å². The number of hydrogen-bond donors (Lipinski definition) is 2. The zero-order valence-corrected chi connectivity index (χ0v) is 15.0. The van der Waals surface area contributed by atoms with Crippen LogP contribution in [0.1, 0.15) is 31.7 Å². The number of ether oxygens (including phenoxy) is 1. The summed E-state index contributed by atoms with van der Waals surface area (Å²) in [5.41, 5.74) is 1.61. The van der Waals surface area contributed by atoms with Crippen LogP contribution in [0, 0.1) is 12.8 Å². The van der Waals surface area contributed by atoms with Gasteiger partial charge < -0.3 is 19.6 Å². The van der Waals surface area contributed by atoms with Crippen molar-refractivity contribution in [1.82, 2.24) is 10.3 Å². The van der Waals surface area contributed by atoms with E-state index in [4.69, 9.17) is 9.15 Å². The molecule has 0 radical (unpaired) electrons. The van der Waals surface area contributed by atoms with E-state index in [1.54, 1.807) is 24.3 Å². The van der Waals surface area contributed by atoms with Gasteiger partial charge in [-0.3, -0.25) is 4.79 Å². The molecule has 6 heteroatoms. The number of carbonyl (C=O) groups is 1. The molecule has 136 valence electrons. The van der Waals surface area contributed by atoms with Crippen LogP contribution in [-0.2, 0) is 16.0 Å². The number of aryl methyl sites for hydroxylation is 1. The van der Waals surface area contributed by atoms with Crippen LogP contribution in [0.25, 0.3) is 11.5 Å². The maximum absolute atomic E-state index is 11.6. The highest BCUT2D eigenvalue weighted by Gasteiger charge is 2.11. The summed E-state index contributed by atoms with van der Waals surface area (Å²) in [4.78, 5) is 16.1. The smallest absolute Gasteiger partial charge is 0.245 e. The quantitative estimate of drug-likeness (QED) is 0.682. The van der Waals surface area contributed by atoms with E-state index in [0.29, 0.717) is 31.4 Å². The lowest BCUT2D eigenvalue weighted by molar-refractivity contribution is -0.125. The molecule has 0 aliphatic rings. The Morgan fingerprint density at radius 2 is 2.04 bits per heavy atom. The Hall–Kier alpha value is -2.34. The SMILES string of the molecule is Cc1oc(-c2ccc(O)cc2)nc1CCOCC(=O)NCCC(C)C. The van der Waals surface area contributed by atoms with Crippen molar-refractivity contribution in [3.8, 4) is 17.2 Å². The number of oxazole rings is 1. The van der Waals surface area contributed by atoms with Gasteiger partial charge in [-0.05, 0) is 43.5 Å². The van der Waals surface area contributed by atoms with Crippen molar-refractivity contribution in [3.63, 3.8) is 0 Å². The molecule has 0 aliphatic heterocycles. The standard InChI is InChI=1S/C19H26N2O4/c1-13(2)8-10-20-18(23)12-24-11-9-17-14(3)25-19(21-17)15-4-6-16(22)7-5-15/h4-7,13,22H,8-12H2,1-3H3,(H,20,23). The summed E-state index contributed by atoms with van der Waals surface area (Å²) in [7, 11) is 0. The number of nitrogens with one attached hydrogen (secondary N) is 1. The lowest BCUT2D eigenvalue weighted by atomic mass is 10.1. The van der Waals surface area contributed by atoms with E-state index in [2.05, 4.69) is 24.1 Å². The summed E-state index contributed by atoms with van der Waals surface area (Å²) in [6, 6.07) is 6.69. The number of aromatic nitrogens is 1. The highest BCUT2D eigenvalue weighted by Crippen LogP contribution is 2.23. The molecule has 0 aliphatic carbocycles. The topological polar surface area (TPSA) is 84.6 Å². The molecule has 0 fully saturated rings. The Balaban J connectivity index is 1.76. The molecule has 0 saturated heterocycles. The summed E-state index contributed by atoms with van der Waals surface area (Å²) >= 11 is 0. The van der Waals surface area contributed by atoms with E-state index >= 15 is 0 Å². The number of nitrogens with zero attached hydrogens (tertiary/aromatic N) is 1. The fourth-order valence-corrected chi connectivity index (χ4v) is 2.27. The third-order valence-electron chi connectivity index (χ3n) is 3.77. The number of phenolic OH excluding ortho intramolecular Hbond substituents is 1. The number of hydrogen-bond acceptors (Lipinski definition) is 5. The van der Waals surface area contributed by atoms with Crippen molar-refractivity contribution in [2.75, 3.05) is 19.8 Å². The molecule has 2 rings (SSSR count). The minimum absolute atomic E-state index is 0.0554. The molecule has 0 bridgehead atoms. The largest absolute Gasteiger partial charge is 0.508 e. The normalized spacial score (nSPS) is 11.0. The van der Waals surface area contributed by atoms with Crippen molar-refractivity contribution < 1.29 is 19.1 Å². The maximum atomic E-state index is 11.6. The van der Waals surface area contributed by atoms with Crippen LogP contribution in [0.4, 0.5) is 0 Å². The second kappa shape index (κ2) is 9.22. The van der Waals surface area contributed by atoms with Gasteiger partial charge in [-0.15, -0.1) is 0 Å². The Kier molecular flexibility index (Phi) is 7.01. The van der Waals surface area contributed by atoms with Crippen molar-refractivity contribution >= 4 is 5.91 Å². The van der Waals surface area contributed by atoms with E-state index in [1.165, 1.54) is 0 Å². The zero-order valence-electron chi connectivity index (χ0n) is 15.0. The van der Waals surface area contributed by atoms with Gasteiger partial charge in [-0.1, -0.05) is 13.8 Å². The number of aromatic hydroxyl groups is 1. The van der Waals surface area contributed by atoms with E-state index in [9.17, 15) is 9.90 Å². The first kappa shape index (κ1) is 19.0. The van der Waals surface area contributed by atoms with Crippen LogP contribution in [-0.4, -0.2) is 35.8 Å². The average molecular weight is 346 g/mol. The summed E-state index contributed by atoms with van der Waals surface area (Å²) in [5.74, 6) is 1.92. The highest BCUT2D eigenvalue weighted by atomic mass is 16.5. The van der Waals surface area contributed by atoms with Gasteiger partial charge in [0.1, 0.15) is 18.1 Å². The summed E-state index contributed by atoms with van der Waals surface area (Å²) in [6.45, 7) is 7.23. The number of benzene rings is 1. The van der Waals surface area contributed by atoms with Crippen LogP contribution < -0.4 is 5.32 Å². The first-order valence-corrected chi connectivity index (χ1v) is 8.56. The van der Waals surface area contributed by atoms with Gasteiger partial charge >= 0.3 is 0 Å². The van der Waals surface area contributed by atoms with Gasteiger partial charge in [0.05, 0.1) is 12.3 Å². The number of rotatable bonds is 9. The minimum atomic E-state index is -0.0951. The Labute approximate surface area is 148 Å². The Bertz CT molecular complexity index is 677. The maximum Gasteiger partial charge on any atom is 0.245 e. The average Bonchev–Trinajstić information content (AvgIpc) is 2.93. The van der Waals surface area contributed by atoms with E-state index in [0.717, 1.165) is 23.4 Å². The lowest BCUT2D eigenvalue weighted by Gasteiger charge is -2.07. The summed E-state index contributed by atoms with van der Waals surface area (Å²) in [6.07, 6.45) is 1.54. The van der Waals surface area contributed by atoms with Gasteiger partial charge in [0, 0.05) is 18.5 Å². The molecule has 0 spiro atoms. The first-order chi connectivity index (χ1) is 12.0. The third-order valence-corrected chi connectivity index (χ3v) is 3.77. The molecule has 1 heterocycles. The summed E-state index contributed by atoms with van der Waals surface area (Å²) in [5, 5.41) is 12.2. The predicted molar refractivity (Wildman–Crippen MR) is 95.3 cm³/mol. The Morgan fingerprint density at radius 1 is 1.32 bits per heavy atom. The van der Waals surface area contributed by atoms with Crippen LogP contribution >= 0.6 is 0 Å².